The number of carbonyl (C=O) groups is 1. The molecule has 0 spiro atoms. The molecule has 2 rings (SSSR count). The van der Waals surface area contributed by atoms with Crippen molar-refractivity contribution in [3.8, 4) is 0 Å². The molecule has 5 nitrogen and oxygen atoms in total. The predicted molar refractivity (Wildman–Crippen MR) is 80.2 cm³/mol. The zero-order chi connectivity index (χ0) is 15.3. The van der Waals surface area contributed by atoms with Gasteiger partial charge in [0.25, 0.3) is 0 Å². The molecule has 0 aromatic heterocycles. The highest BCUT2D eigenvalue weighted by atomic mass is 16.5. The summed E-state index contributed by atoms with van der Waals surface area (Å²) < 4.78 is 16.7. The molecule has 1 aliphatic heterocycles. The number of ether oxygens (including phenoxy) is 3. The number of nitrogens with one attached hydrogen (secondary N) is 1. The molecule has 2 aliphatic rings. The zero-order valence-electron chi connectivity index (χ0n) is 13.5. The second-order valence-corrected chi connectivity index (χ2v) is 6.56. The molecule has 1 aliphatic carbocycles. The normalized spacial score (nSPS) is 33.3. The van der Waals surface area contributed by atoms with E-state index in [2.05, 4.69) is 19.2 Å². The number of carbonyl (C=O) groups excluding carboxylic acids is 1. The second-order valence-electron chi connectivity index (χ2n) is 6.56. The van der Waals surface area contributed by atoms with E-state index in [0.29, 0.717) is 13.0 Å². The number of methoxy groups -OCH3 is 1. The highest BCUT2D eigenvalue weighted by Gasteiger charge is 2.44. The van der Waals surface area contributed by atoms with Crippen LogP contribution in [0.2, 0.25) is 0 Å². The van der Waals surface area contributed by atoms with Crippen molar-refractivity contribution in [3.63, 3.8) is 0 Å². The van der Waals surface area contributed by atoms with Crippen molar-refractivity contribution in [1.29, 1.82) is 0 Å². The summed E-state index contributed by atoms with van der Waals surface area (Å²) in [5.74, 6) is -0.165. The molecule has 1 saturated heterocycles. The molecule has 0 bridgehead atoms. The molecule has 1 saturated carbocycles. The average molecular weight is 299 g/mol. The first kappa shape index (κ1) is 16.7. The highest BCUT2D eigenvalue weighted by Crippen LogP contribution is 2.32. The van der Waals surface area contributed by atoms with Gasteiger partial charge in [0, 0.05) is 19.1 Å². The Morgan fingerprint density at radius 3 is 2.81 bits per heavy atom. The minimum absolute atomic E-state index is 0.105. The van der Waals surface area contributed by atoms with Crippen LogP contribution >= 0.6 is 0 Å². The third kappa shape index (κ3) is 4.41. The van der Waals surface area contributed by atoms with E-state index in [-0.39, 0.29) is 24.2 Å². The molecule has 1 heterocycles. The van der Waals surface area contributed by atoms with Crippen LogP contribution in [-0.2, 0) is 19.0 Å². The fourth-order valence-corrected chi connectivity index (χ4v) is 3.51. The van der Waals surface area contributed by atoms with Crippen molar-refractivity contribution >= 4 is 5.97 Å². The molecule has 0 amide bonds. The molecule has 122 valence electrons. The lowest BCUT2D eigenvalue weighted by atomic mass is 9.79. The van der Waals surface area contributed by atoms with Gasteiger partial charge in [0.2, 0.25) is 0 Å². The SMILES string of the molecule is COC(=O)C1(NC(C)C)CCCC(OCC2CCCO2)C1. The van der Waals surface area contributed by atoms with Crippen LogP contribution in [0.25, 0.3) is 0 Å². The van der Waals surface area contributed by atoms with E-state index in [1.165, 1.54) is 7.11 Å². The molecular formula is C16H29NO4. The fraction of sp³-hybridized carbons (Fsp3) is 0.938. The van der Waals surface area contributed by atoms with E-state index in [0.717, 1.165) is 38.7 Å². The predicted octanol–water partition coefficient (Wildman–Crippen LogP) is 2.03. The lowest BCUT2D eigenvalue weighted by molar-refractivity contribution is -0.154. The summed E-state index contributed by atoms with van der Waals surface area (Å²) in [5.41, 5.74) is -0.595. The van der Waals surface area contributed by atoms with Crippen molar-refractivity contribution in [2.45, 2.75) is 76.2 Å². The van der Waals surface area contributed by atoms with E-state index in [1.807, 2.05) is 0 Å². The quantitative estimate of drug-likeness (QED) is 0.761. The number of rotatable bonds is 6. The molecule has 1 N–H and O–H groups in total. The summed E-state index contributed by atoms with van der Waals surface area (Å²) in [7, 11) is 1.46. The van der Waals surface area contributed by atoms with Gasteiger partial charge in [-0.2, -0.15) is 0 Å². The van der Waals surface area contributed by atoms with Gasteiger partial charge in [0.05, 0.1) is 25.9 Å². The molecular weight excluding hydrogens is 270 g/mol. The first-order valence-corrected chi connectivity index (χ1v) is 8.15. The van der Waals surface area contributed by atoms with Crippen LogP contribution in [-0.4, -0.2) is 50.1 Å². The Labute approximate surface area is 127 Å². The largest absolute Gasteiger partial charge is 0.468 e. The number of hydrogen-bond donors (Lipinski definition) is 1. The van der Waals surface area contributed by atoms with Gasteiger partial charge in [0.15, 0.2) is 0 Å². The standard InChI is InChI=1S/C16H29NO4/c1-12(2)17-16(15(18)19-3)8-4-6-13(10-16)21-11-14-7-5-9-20-14/h12-14,17H,4-11H2,1-3H3. The molecule has 0 aromatic carbocycles. The molecule has 2 fully saturated rings. The van der Waals surface area contributed by atoms with Crippen LogP contribution in [0, 0.1) is 0 Å². The van der Waals surface area contributed by atoms with E-state index in [9.17, 15) is 4.79 Å². The Morgan fingerprint density at radius 2 is 2.19 bits per heavy atom. The summed E-state index contributed by atoms with van der Waals surface area (Å²) in [5, 5.41) is 3.42. The van der Waals surface area contributed by atoms with Crippen LogP contribution < -0.4 is 5.32 Å². The lowest BCUT2D eigenvalue weighted by Gasteiger charge is -2.40. The van der Waals surface area contributed by atoms with Gasteiger partial charge in [-0.1, -0.05) is 0 Å². The smallest absolute Gasteiger partial charge is 0.326 e. The molecule has 3 atom stereocenters. The zero-order valence-corrected chi connectivity index (χ0v) is 13.5. The average Bonchev–Trinajstić information content (AvgIpc) is 2.97. The fourth-order valence-electron chi connectivity index (χ4n) is 3.51. The van der Waals surface area contributed by atoms with Gasteiger partial charge < -0.3 is 14.2 Å². The number of hydrogen-bond acceptors (Lipinski definition) is 5. The van der Waals surface area contributed by atoms with Gasteiger partial charge in [-0.3, -0.25) is 10.1 Å². The van der Waals surface area contributed by atoms with Crippen LogP contribution in [0.15, 0.2) is 0 Å². The summed E-state index contributed by atoms with van der Waals surface area (Å²) >= 11 is 0. The molecule has 5 heteroatoms. The van der Waals surface area contributed by atoms with E-state index >= 15 is 0 Å². The van der Waals surface area contributed by atoms with Crippen molar-refractivity contribution in [2.24, 2.45) is 0 Å². The Morgan fingerprint density at radius 1 is 1.38 bits per heavy atom. The lowest BCUT2D eigenvalue weighted by Crippen LogP contribution is -2.58. The number of esters is 1. The van der Waals surface area contributed by atoms with Gasteiger partial charge >= 0.3 is 5.97 Å². The van der Waals surface area contributed by atoms with Crippen LogP contribution in [0.5, 0.6) is 0 Å². The van der Waals surface area contributed by atoms with Crippen molar-refractivity contribution < 1.29 is 19.0 Å². The Bertz CT molecular complexity index is 341. The van der Waals surface area contributed by atoms with E-state index in [4.69, 9.17) is 14.2 Å². The summed E-state index contributed by atoms with van der Waals surface area (Å²) in [4.78, 5) is 12.3. The second kappa shape index (κ2) is 7.56. The van der Waals surface area contributed by atoms with Gasteiger partial charge in [-0.15, -0.1) is 0 Å². The van der Waals surface area contributed by atoms with Gasteiger partial charge in [0.1, 0.15) is 5.54 Å². The third-order valence-electron chi connectivity index (χ3n) is 4.39. The summed E-state index contributed by atoms with van der Waals surface area (Å²) in [6, 6.07) is 0.237. The van der Waals surface area contributed by atoms with Crippen LogP contribution in [0.4, 0.5) is 0 Å². The monoisotopic (exact) mass is 299 g/mol. The molecule has 0 radical (unpaired) electrons. The van der Waals surface area contributed by atoms with E-state index in [1.54, 1.807) is 0 Å². The minimum Gasteiger partial charge on any atom is -0.468 e. The molecule has 0 aromatic rings. The Balaban J connectivity index is 1.93. The maximum Gasteiger partial charge on any atom is 0.326 e. The van der Waals surface area contributed by atoms with Crippen LogP contribution in [0.3, 0.4) is 0 Å². The van der Waals surface area contributed by atoms with Crippen LogP contribution in [0.1, 0.15) is 52.4 Å². The van der Waals surface area contributed by atoms with Gasteiger partial charge in [-0.05, 0) is 46.0 Å². The third-order valence-corrected chi connectivity index (χ3v) is 4.39. The van der Waals surface area contributed by atoms with Crippen molar-refractivity contribution in [1.82, 2.24) is 5.32 Å². The maximum atomic E-state index is 12.3. The molecule has 21 heavy (non-hydrogen) atoms. The van der Waals surface area contributed by atoms with E-state index < -0.39 is 5.54 Å². The molecule has 3 unspecified atom stereocenters. The minimum atomic E-state index is -0.595. The summed E-state index contributed by atoms with van der Waals surface area (Å²) in [6.45, 7) is 5.60. The van der Waals surface area contributed by atoms with Gasteiger partial charge in [-0.25, -0.2) is 0 Å². The highest BCUT2D eigenvalue weighted by molar-refractivity contribution is 5.81. The summed E-state index contributed by atoms with van der Waals surface area (Å²) in [6.07, 6.45) is 6.03. The van der Waals surface area contributed by atoms with Crippen molar-refractivity contribution in [2.75, 3.05) is 20.3 Å². The van der Waals surface area contributed by atoms with Crippen molar-refractivity contribution in [3.05, 3.63) is 0 Å². The first-order valence-electron chi connectivity index (χ1n) is 8.15. The maximum absolute atomic E-state index is 12.3. The first-order chi connectivity index (χ1) is 10.1. The Hall–Kier alpha value is -0.650. The topological polar surface area (TPSA) is 56.8 Å². The Kier molecular flexibility index (Phi) is 6.02.